The lowest BCUT2D eigenvalue weighted by Gasteiger charge is -2.10. The molecule has 0 atom stereocenters. The standard InChI is InChI=1S/C12H10BrF3O/c1-5-6(2)11-9(7(3)10(5)13)8(4-17-11)12(14,15)16/h4H,1-3H3. The van der Waals surface area contributed by atoms with Gasteiger partial charge in [0.15, 0.2) is 0 Å². The number of furan rings is 1. The van der Waals surface area contributed by atoms with Crippen LogP contribution in [0.2, 0.25) is 0 Å². The molecular weight excluding hydrogens is 297 g/mol. The minimum atomic E-state index is -4.39. The molecule has 0 saturated carbocycles. The zero-order valence-electron chi connectivity index (χ0n) is 9.50. The first-order chi connectivity index (χ1) is 7.75. The predicted molar refractivity (Wildman–Crippen MR) is 63.1 cm³/mol. The Balaban J connectivity index is 2.96. The van der Waals surface area contributed by atoms with Crippen molar-refractivity contribution >= 4 is 26.9 Å². The highest BCUT2D eigenvalue weighted by molar-refractivity contribution is 9.10. The summed E-state index contributed by atoms with van der Waals surface area (Å²) in [5.41, 5.74) is 1.79. The van der Waals surface area contributed by atoms with E-state index >= 15 is 0 Å². The minimum Gasteiger partial charge on any atom is -0.463 e. The monoisotopic (exact) mass is 306 g/mol. The zero-order valence-corrected chi connectivity index (χ0v) is 11.1. The van der Waals surface area contributed by atoms with E-state index in [0.717, 1.165) is 17.4 Å². The number of benzene rings is 1. The molecule has 1 nitrogen and oxygen atoms in total. The third kappa shape index (κ3) is 1.76. The molecule has 5 heteroatoms. The largest absolute Gasteiger partial charge is 0.463 e. The maximum absolute atomic E-state index is 12.8. The second-order valence-corrected chi connectivity index (χ2v) is 4.83. The Morgan fingerprint density at radius 2 is 1.65 bits per heavy atom. The molecule has 0 amide bonds. The Hall–Kier alpha value is -0.970. The van der Waals surface area contributed by atoms with E-state index in [0.29, 0.717) is 15.6 Å². The molecule has 0 spiro atoms. The maximum Gasteiger partial charge on any atom is 0.420 e. The molecule has 0 bridgehead atoms. The smallest absolute Gasteiger partial charge is 0.420 e. The van der Waals surface area contributed by atoms with Crippen LogP contribution < -0.4 is 0 Å². The van der Waals surface area contributed by atoms with E-state index in [1.54, 1.807) is 13.8 Å². The first kappa shape index (κ1) is 12.5. The summed E-state index contributed by atoms with van der Waals surface area (Å²) < 4.78 is 44.2. The fourth-order valence-corrected chi connectivity index (χ4v) is 2.44. The maximum atomic E-state index is 12.8. The summed E-state index contributed by atoms with van der Waals surface area (Å²) in [6.07, 6.45) is -3.60. The fourth-order valence-electron chi connectivity index (χ4n) is 1.94. The van der Waals surface area contributed by atoms with Gasteiger partial charge >= 0.3 is 6.18 Å². The van der Waals surface area contributed by atoms with Gasteiger partial charge in [0.05, 0.1) is 0 Å². The second-order valence-electron chi connectivity index (χ2n) is 4.04. The molecule has 0 radical (unpaired) electrons. The van der Waals surface area contributed by atoms with Crippen LogP contribution in [0.4, 0.5) is 13.2 Å². The average Bonchev–Trinajstić information content (AvgIpc) is 2.67. The average molecular weight is 307 g/mol. The van der Waals surface area contributed by atoms with Crippen molar-refractivity contribution in [2.24, 2.45) is 0 Å². The quantitative estimate of drug-likeness (QED) is 0.657. The van der Waals surface area contributed by atoms with Crippen LogP contribution in [0, 0.1) is 20.8 Å². The molecular formula is C12H10BrF3O. The SMILES string of the molecule is Cc1c(Br)c(C)c2c(C(F)(F)F)coc2c1C. The summed E-state index contributed by atoms with van der Waals surface area (Å²) in [5.74, 6) is 0. The number of aryl methyl sites for hydroxylation is 2. The Kier molecular flexibility index (Phi) is 2.77. The van der Waals surface area contributed by atoms with E-state index in [2.05, 4.69) is 15.9 Å². The third-order valence-corrected chi connectivity index (χ3v) is 4.22. The van der Waals surface area contributed by atoms with Crippen molar-refractivity contribution in [2.75, 3.05) is 0 Å². The highest BCUT2D eigenvalue weighted by Gasteiger charge is 2.36. The number of halogens is 4. The van der Waals surface area contributed by atoms with Crippen LogP contribution in [0.15, 0.2) is 15.2 Å². The number of hydrogen-bond donors (Lipinski definition) is 0. The van der Waals surface area contributed by atoms with Crippen molar-refractivity contribution in [1.29, 1.82) is 0 Å². The molecule has 0 saturated heterocycles. The van der Waals surface area contributed by atoms with E-state index in [1.807, 2.05) is 6.92 Å². The van der Waals surface area contributed by atoms with Gasteiger partial charge < -0.3 is 4.42 Å². The molecule has 1 aromatic heterocycles. The Labute approximate surface area is 105 Å². The van der Waals surface area contributed by atoms with Gasteiger partial charge in [0.1, 0.15) is 17.4 Å². The number of fused-ring (bicyclic) bond motifs is 1. The zero-order chi connectivity index (χ0) is 13.0. The predicted octanol–water partition coefficient (Wildman–Crippen LogP) is 5.14. The Morgan fingerprint density at radius 3 is 2.18 bits per heavy atom. The number of hydrogen-bond acceptors (Lipinski definition) is 1. The van der Waals surface area contributed by atoms with Crippen LogP contribution in [0.1, 0.15) is 22.3 Å². The molecule has 1 heterocycles. The van der Waals surface area contributed by atoms with E-state index < -0.39 is 11.7 Å². The molecule has 1 aromatic carbocycles. The van der Waals surface area contributed by atoms with Gasteiger partial charge in [-0.3, -0.25) is 0 Å². The molecule has 2 aromatic rings. The van der Waals surface area contributed by atoms with Gasteiger partial charge in [-0.25, -0.2) is 0 Å². The lowest BCUT2D eigenvalue weighted by molar-refractivity contribution is -0.136. The van der Waals surface area contributed by atoms with Gasteiger partial charge in [-0.05, 0) is 37.5 Å². The van der Waals surface area contributed by atoms with Crippen LogP contribution >= 0.6 is 15.9 Å². The summed E-state index contributed by atoms with van der Waals surface area (Å²) in [6.45, 7) is 5.26. The summed E-state index contributed by atoms with van der Waals surface area (Å²) in [6, 6.07) is 0. The Bertz CT molecular complexity index is 596. The highest BCUT2D eigenvalue weighted by Crippen LogP contribution is 2.42. The van der Waals surface area contributed by atoms with Gasteiger partial charge in [-0.1, -0.05) is 15.9 Å². The highest BCUT2D eigenvalue weighted by atomic mass is 79.9. The minimum absolute atomic E-state index is 0.146. The van der Waals surface area contributed by atoms with Gasteiger partial charge in [-0.15, -0.1) is 0 Å². The first-order valence-electron chi connectivity index (χ1n) is 4.98. The molecule has 0 N–H and O–H groups in total. The van der Waals surface area contributed by atoms with Gasteiger partial charge in [0.25, 0.3) is 0 Å². The van der Waals surface area contributed by atoms with E-state index in [9.17, 15) is 13.2 Å². The summed E-state index contributed by atoms with van der Waals surface area (Å²) in [4.78, 5) is 0. The summed E-state index contributed by atoms with van der Waals surface area (Å²) in [7, 11) is 0. The molecule has 17 heavy (non-hydrogen) atoms. The molecule has 0 aliphatic rings. The van der Waals surface area contributed by atoms with Gasteiger partial charge in [0.2, 0.25) is 0 Å². The van der Waals surface area contributed by atoms with E-state index in [-0.39, 0.29) is 5.39 Å². The van der Waals surface area contributed by atoms with Crippen molar-refractivity contribution in [2.45, 2.75) is 26.9 Å². The molecule has 0 aliphatic carbocycles. The summed E-state index contributed by atoms with van der Waals surface area (Å²) >= 11 is 3.33. The van der Waals surface area contributed by atoms with Crippen LogP contribution in [-0.2, 0) is 6.18 Å². The molecule has 0 unspecified atom stereocenters. The molecule has 0 aliphatic heterocycles. The van der Waals surface area contributed by atoms with Crippen LogP contribution in [0.3, 0.4) is 0 Å². The second kappa shape index (κ2) is 3.77. The van der Waals surface area contributed by atoms with Crippen LogP contribution in [0.5, 0.6) is 0 Å². The first-order valence-corrected chi connectivity index (χ1v) is 5.78. The molecule has 92 valence electrons. The number of rotatable bonds is 0. The van der Waals surface area contributed by atoms with Crippen molar-refractivity contribution in [3.05, 3.63) is 33.0 Å². The van der Waals surface area contributed by atoms with Crippen molar-refractivity contribution in [1.82, 2.24) is 0 Å². The van der Waals surface area contributed by atoms with Crippen LogP contribution in [0.25, 0.3) is 11.0 Å². The lowest BCUT2D eigenvalue weighted by atomic mass is 10.00. The molecule has 0 fully saturated rings. The Morgan fingerprint density at radius 1 is 1.06 bits per heavy atom. The van der Waals surface area contributed by atoms with Gasteiger partial charge in [-0.2, -0.15) is 13.2 Å². The van der Waals surface area contributed by atoms with Crippen molar-refractivity contribution in [3.63, 3.8) is 0 Å². The molecule has 2 rings (SSSR count). The third-order valence-electron chi connectivity index (χ3n) is 3.03. The normalized spacial score (nSPS) is 12.4. The number of alkyl halides is 3. The topological polar surface area (TPSA) is 13.1 Å². The van der Waals surface area contributed by atoms with Crippen molar-refractivity contribution < 1.29 is 17.6 Å². The van der Waals surface area contributed by atoms with E-state index in [4.69, 9.17) is 4.42 Å². The van der Waals surface area contributed by atoms with Crippen LogP contribution in [-0.4, -0.2) is 0 Å². The lowest BCUT2D eigenvalue weighted by Crippen LogP contribution is -2.04. The van der Waals surface area contributed by atoms with E-state index in [1.165, 1.54) is 0 Å². The fraction of sp³-hybridized carbons (Fsp3) is 0.333. The summed E-state index contributed by atoms with van der Waals surface area (Å²) in [5, 5.41) is 0.146. The van der Waals surface area contributed by atoms with Crippen molar-refractivity contribution in [3.8, 4) is 0 Å². The van der Waals surface area contributed by atoms with Gasteiger partial charge in [0, 0.05) is 9.86 Å².